The monoisotopic (exact) mass is 299 g/mol. The fourth-order valence-corrected chi connectivity index (χ4v) is 3.02. The van der Waals surface area contributed by atoms with Gasteiger partial charge in [0.2, 0.25) is 0 Å². The summed E-state index contributed by atoms with van der Waals surface area (Å²) in [4.78, 5) is 18.6. The predicted octanol–water partition coefficient (Wildman–Crippen LogP) is 1.61. The van der Waals surface area contributed by atoms with Crippen LogP contribution in [0.1, 0.15) is 36.5 Å². The van der Waals surface area contributed by atoms with E-state index in [4.69, 9.17) is 5.73 Å². The first-order valence-electron chi connectivity index (χ1n) is 7.68. The van der Waals surface area contributed by atoms with Crippen molar-refractivity contribution < 1.29 is 4.79 Å². The number of likely N-dealkylation sites (tertiary alicyclic amines) is 1. The Bertz CT molecular complexity index is 620. The quantitative estimate of drug-likeness (QED) is 0.934. The zero-order valence-electron chi connectivity index (χ0n) is 12.7. The van der Waals surface area contributed by atoms with Crippen LogP contribution in [-0.2, 0) is 0 Å². The molecule has 1 aliphatic rings. The molecule has 1 fully saturated rings. The van der Waals surface area contributed by atoms with Crippen molar-refractivity contribution in [3.8, 4) is 5.69 Å². The Morgan fingerprint density at radius 2 is 2.09 bits per heavy atom. The van der Waals surface area contributed by atoms with Gasteiger partial charge in [0, 0.05) is 24.2 Å². The average Bonchev–Trinajstić information content (AvgIpc) is 3.09. The fourth-order valence-electron chi connectivity index (χ4n) is 3.02. The molecule has 0 spiro atoms. The second-order valence-corrected chi connectivity index (χ2v) is 5.81. The maximum Gasteiger partial charge on any atom is 0.254 e. The standard InChI is InChI=1S/C16H21N5O/c1-12(17)15-4-2-3-9-20(15)16(22)13-5-7-14(8-6-13)21-11-18-10-19-21/h5-8,10-12,15H,2-4,9,17H2,1H3. The Morgan fingerprint density at radius 3 is 2.73 bits per heavy atom. The second kappa shape index (κ2) is 6.27. The highest BCUT2D eigenvalue weighted by Gasteiger charge is 2.29. The number of carbonyl (C=O) groups excluding carboxylic acids is 1. The normalized spacial score (nSPS) is 19.9. The molecule has 3 rings (SSSR count). The van der Waals surface area contributed by atoms with Crippen LogP contribution in [0.2, 0.25) is 0 Å². The number of aromatic nitrogens is 3. The Morgan fingerprint density at radius 1 is 1.32 bits per heavy atom. The van der Waals surface area contributed by atoms with Gasteiger partial charge in [0.25, 0.3) is 5.91 Å². The molecule has 1 amide bonds. The topological polar surface area (TPSA) is 77.0 Å². The van der Waals surface area contributed by atoms with Crippen molar-refractivity contribution in [2.45, 2.75) is 38.3 Å². The molecule has 116 valence electrons. The third-order valence-corrected chi connectivity index (χ3v) is 4.21. The van der Waals surface area contributed by atoms with Crippen molar-refractivity contribution in [1.82, 2.24) is 19.7 Å². The highest BCUT2D eigenvalue weighted by Crippen LogP contribution is 2.22. The number of hydrogen-bond donors (Lipinski definition) is 1. The molecule has 2 heterocycles. The lowest BCUT2D eigenvalue weighted by Gasteiger charge is -2.38. The number of nitrogens with two attached hydrogens (primary N) is 1. The summed E-state index contributed by atoms with van der Waals surface area (Å²) in [5.74, 6) is 0.0622. The molecule has 2 unspecified atom stereocenters. The van der Waals surface area contributed by atoms with Gasteiger partial charge in [-0.15, -0.1) is 0 Å². The van der Waals surface area contributed by atoms with Crippen molar-refractivity contribution in [2.24, 2.45) is 5.73 Å². The number of rotatable bonds is 3. The maximum atomic E-state index is 12.7. The highest BCUT2D eigenvalue weighted by atomic mass is 16.2. The Kier molecular flexibility index (Phi) is 4.20. The van der Waals surface area contributed by atoms with Crippen molar-refractivity contribution >= 4 is 5.91 Å². The maximum absolute atomic E-state index is 12.7. The number of benzene rings is 1. The molecule has 0 saturated carbocycles. The van der Waals surface area contributed by atoms with E-state index in [1.807, 2.05) is 36.1 Å². The summed E-state index contributed by atoms with van der Waals surface area (Å²) in [7, 11) is 0. The van der Waals surface area contributed by atoms with E-state index in [0.717, 1.165) is 31.5 Å². The van der Waals surface area contributed by atoms with E-state index in [2.05, 4.69) is 10.1 Å². The van der Waals surface area contributed by atoms with Crippen LogP contribution in [0.4, 0.5) is 0 Å². The Labute approximate surface area is 129 Å². The minimum absolute atomic E-state index is 0.00123. The Balaban J connectivity index is 1.79. The summed E-state index contributed by atoms with van der Waals surface area (Å²) in [5, 5.41) is 4.08. The van der Waals surface area contributed by atoms with E-state index >= 15 is 0 Å². The number of carbonyl (C=O) groups is 1. The van der Waals surface area contributed by atoms with E-state index in [1.54, 1.807) is 11.0 Å². The summed E-state index contributed by atoms with van der Waals surface area (Å²) in [6.45, 7) is 2.76. The smallest absolute Gasteiger partial charge is 0.254 e. The van der Waals surface area contributed by atoms with Crippen LogP contribution in [0.3, 0.4) is 0 Å². The first-order chi connectivity index (χ1) is 10.7. The second-order valence-electron chi connectivity index (χ2n) is 5.81. The first-order valence-corrected chi connectivity index (χ1v) is 7.68. The van der Waals surface area contributed by atoms with Crippen molar-refractivity contribution in [3.63, 3.8) is 0 Å². The summed E-state index contributed by atoms with van der Waals surface area (Å²) >= 11 is 0. The Hall–Kier alpha value is -2.21. The molecule has 6 heteroatoms. The van der Waals surface area contributed by atoms with E-state index in [-0.39, 0.29) is 18.0 Å². The largest absolute Gasteiger partial charge is 0.334 e. The summed E-state index contributed by atoms with van der Waals surface area (Å²) < 4.78 is 1.67. The molecule has 22 heavy (non-hydrogen) atoms. The molecule has 6 nitrogen and oxygen atoms in total. The molecule has 1 aromatic heterocycles. The molecule has 1 saturated heterocycles. The number of piperidine rings is 1. The first kappa shape index (κ1) is 14.7. The molecule has 1 aromatic carbocycles. The van der Waals surface area contributed by atoms with Gasteiger partial charge in [-0.2, -0.15) is 5.10 Å². The summed E-state index contributed by atoms with van der Waals surface area (Å²) in [6, 6.07) is 7.58. The zero-order chi connectivity index (χ0) is 15.5. The molecule has 0 aliphatic carbocycles. The van der Waals surface area contributed by atoms with Gasteiger partial charge >= 0.3 is 0 Å². The fraction of sp³-hybridized carbons (Fsp3) is 0.438. The molecule has 2 aromatic rings. The highest BCUT2D eigenvalue weighted by molar-refractivity contribution is 5.94. The van der Waals surface area contributed by atoms with Gasteiger partial charge in [0.15, 0.2) is 0 Å². The van der Waals surface area contributed by atoms with Crippen molar-refractivity contribution in [1.29, 1.82) is 0 Å². The average molecular weight is 299 g/mol. The third kappa shape index (κ3) is 2.87. The van der Waals surface area contributed by atoms with Gasteiger partial charge in [-0.1, -0.05) is 0 Å². The van der Waals surface area contributed by atoms with E-state index < -0.39 is 0 Å². The minimum atomic E-state index is -0.00123. The lowest BCUT2D eigenvalue weighted by molar-refractivity contribution is 0.0584. The lowest BCUT2D eigenvalue weighted by Crippen LogP contribution is -2.51. The SMILES string of the molecule is CC(N)C1CCCCN1C(=O)c1ccc(-n2cncn2)cc1. The molecule has 0 radical (unpaired) electrons. The van der Waals surface area contributed by atoms with Gasteiger partial charge in [-0.05, 0) is 50.5 Å². The van der Waals surface area contributed by atoms with Crippen LogP contribution in [0.5, 0.6) is 0 Å². The molecular weight excluding hydrogens is 278 g/mol. The van der Waals surface area contributed by atoms with Crippen molar-refractivity contribution in [3.05, 3.63) is 42.5 Å². The van der Waals surface area contributed by atoms with Gasteiger partial charge < -0.3 is 10.6 Å². The van der Waals surface area contributed by atoms with Crippen molar-refractivity contribution in [2.75, 3.05) is 6.54 Å². The molecular formula is C16H21N5O. The summed E-state index contributed by atoms with van der Waals surface area (Å²) in [5.41, 5.74) is 7.63. The van der Waals surface area contributed by atoms with E-state index in [9.17, 15) is 4.79 Å². The van der Waals surface area contributed by atoms with Gasteiger partial charge in [0.05, 0.1) is 5.69 Å². The zero-order valence-corrected chi connectivity index (χ0v) is 12.7. The molecule has 1 aliphatic heterocycles. The third-order valence-electron chi connectivity index (χ3n) is 4.21. The number of amides is 1. The lowest BCUT2D eigenvalue weighted by atomic mass is 9.96. The van der Waals surface area contributed by atoms with E-state index in [0.29, 0.717) is 5.56 Å². The minimum Gasteiger partial charge on any atom is -0.334 e. The number of hydrogen-bond acceptors (Lipinski definition) is 4. The molecule has 2 atom stereocenters. The summed E-state index contributed by atoms with van der Waals surface area (Å²) in [6.07, 6.45) is 6.29. The van der Waals surface area contributed by atoms with Crippen LogP contribution in [0.25, 0.3) is 5.69 Å². The molecule has 0 bridgehead atoms. The van der Waals surface area contributed by atoms with E-state index in [1.165, 1.54) is 6.33 Å². The van der Waals surface area contributed by atoms with Gasteiger partial charge in [0.1, 0.15) is 12.7 Å². The van der Waals surface area contributed by atoms with Gasteiger partial charge in [-0.3, -0.25) is 4.79 Å². The van der Waals surface area contributed by atoms with Crippen LogP contribution in [0, 0.1) is 0 Å². The molecule has 2 N–H and O–H groups in total. The van der Waals surface area contributed by atoms with Gasteiger partial charge in [-0.25, -0.2) is 9.67 Å². The van der Waals surface area contributed by atoms with Crippen LogP contribution < -0.4 is 5.73 Å². The predicted molar refractivity (Wildman–Crippen MR) is 83.7 cm³/mol. The van der Waals surface area contributed by atoms with Crippen LogP contribution >= 0.6 is 0 Å². The van der Waals surface area contributed by atoms with Crippen LogP contribution in [0.15, 0.2) is 36.9 Å². The van der Waals surface area contributed by atoms with Crippen LogP contribution in [-0.4, -0.2) is 44.2 Å². The number of nitrogens with zero attached hydrogens (tertiary/aromatic N) is 4.